The van der Waals surface area contributed by atoms with Gasteiger partial charge in [0.15, 0.2) is 0 Å². The van der Waals surface area contributed by atoms with Gasteiger partial charge in [-0.1, -0.05) is 20.8 Å². The van der Waals surface area contributed by atoms with E-state index in [1.165, 1.54) is 0 Å². The minimum Gasteiger partial charge on any atom is -0.481 e. The molecule has 1 unspecified atom stereocenters. The maximum atomic E-state index is 11.7. The minimum absolute atomic E-state index is 0.0369. The van der Waals surface area contributed by atoms with Crippen LogP contribution >= 0.6 is 0 Å². The Hall–Kier alpha value is -0.660. The first-order valence-electron chi connectivity index (χ1n) is 7.09. The number of rotatable bonds is 9. The summed E-state index contributed by atoms with van der Waals surface area (Å²) in [5.74, 6) is -0.641. The molecule has 118 valence electrons. The topological polar surface area (TPSA) is 95.5 Å². The largest absolute Gasteiger partial charge is 0.481 e. The lowest BCUT2D eigenvalue weighted by Crippen LogP contribution is -2.39. The van der Waals surface area contributed by atoms with Gasteiger partial charge >= 0.3 is 5.97 Å². The molecule has 0 aromatic rings. The van der Waals surface area contributed by atoms with Crippen LogP contribution in [0.15, 0.2) is 0 Å². The Morgan fingerprint density at radius 2 is 1.90 bits per heavy atom. The van der Waals surface area contributed by atoms with Gasteiger partial charge < -0.3 is 5.11 Å². The van der Waals surface area contributed by atoms with Gasteiger partial charge in [-0.25, -0.2) is 4.72 Å². The van der Waals surface area contributed by atoms with Gasteiger partial charge in [-0.3, -0.25) is 4.79 Å². The summed E-state index contributed by atoms with van der Waals surface area (Å²) in [7, 11) is -3.41. The first kappa shape index (κ1) is 17.4. The second-order valence-electron chi connectivity index (χ2n) is 6.57. The Bertz CT molecular complexity index is 424. The zero-order valence-electron chi connectivity index (χ0n) is 12.5. The lowest BCUT2D eigenvalue weighted by Gasteiger charge is -2.30. The Morgan fingerprint density at radius 3 is 2.35 bits per heavy atom. The van der Waals surface area contributed by atoms with E-state index < -0.39 is 16.2 Å². The van der Waals surface area contributed by atoms with Gasteiger partial charge in [-0.2, -0.15) is 13.1 Å². The highest BCUT2D eigenvalue weighted by molar-refractivity contribution is 7.87. The molecule has 1 saturated carbocycles. The van der Waals surface area contributed by atoms with Crippen molar-refractivity contribution in [3.63, 3.8) is 0 Å². The fourth-order valence-electron chi connectivity index (χ4n) is 2.14. The Kier molecular flexibility index (Phi) is 5.97. The average Bonchev–Trinajstić information content (AvgIpc) is 3.03. The molecule has 0 spiro atoms. The first-order chi connectivity index (χ1) is 9.10. The monoisotopic (exact) mass is 306 g/mol. The quantitative estimate of drug-likeness (QED) is 0.601. The number of hydrogen-bond donors (Lipinski definition) is 3. The van der Waals surface area contributed by atoms with Crippen molar-refractivity contribution in [2.24, 2.45) is 11.3 Å². The average molecular weight is 306 g/mol. The number of carboxylic acids is 1. The number of carbonyl (C=O) groups is 1. The van der Waals surface area contributed by atoms with E-state index in [9.17, 15) is 13.2 Å². The lowest BCUT2D eigenvalue weighted by molar-refractivity contribution is -0.137. The van der Waals surface area contributed by atoms with Crippen LogP contribution in [-0.2, 0) is 15.0 Å². The molecule has 0 aliphatic heterocycles. The molecule has 0 heterocycles. The molecule has 1 fully saturated rings. The third-order valence-electron chi connectivity index (χ3n) is 3.62. The van der Waals surface area contributed by atoms with Gasteiger partial charge in [-0.05, 0) is 37.0 Å². The summed E-state index contributed by atoms with van der Waals surface area (Å²) in [5, 5.41) is 8.77. The van der Waals surface area contributed by atoms with Gasteiger partial charge in [0.05, 0.1) is 0 Å². The van der Waals surface area contributed by atoms with Crippen LogP contribution in [0.1, 0.15) is 52.9 Å². The molecule has 0 bridgehead atoms. The van der Waals surface area contributed by atoms with Gasteiger partial charge in [0, 0.05) is 19.0 Å². The number of carboxylic acid groups (broad SMARTS) is 1. The predicted octanol–water partition coefficient (Wildman–Crippen LogP) is 1.49. The van der Waals surface area contributed by atoms with E-state index in [1.54, 1.807) is 0 Å². The van der Waals surface area contributed by atoms with E-state index in [-0.39, 0.29) is 23.8 Å². The fraction of sp³-hybridized carbons (Fsp3) is 0.923. The smallest absolute Gasteiger partial charge is 0.303 e. The van der Waals surface area contributed by atoms with Crippen LogP contribution in [0.25, 0.3) is 0 Å². The number of aliphatic carboxylic acids is 1. The zero-order chi connectivity index (χ0) is 15.4. The van der Waals surface area contributed by atoms with Crippen molar-refractivity contribution < 1.29 is 18.3 Å². The molecule has 20 heavy (non-hydrogen) atoms. The Balaban J connectivity index is 2.39. The van der Waals surface area contributed by atoms with E-state index in [0.29, 0.717) is 19.4 Å². The van der Waals surface area contributed by atoms with Gasteiger partial charge in [0.25, 0.3) is 10.2 Å². The van der Waals surface area contributed by atoms with Crippen molar-refractivity contribution in [2.45, 2.75) is 58.9 Å². The highest BCUT2D eigenvalue weighted by atomic mass is 32.2. The van der Waals surface area contributed by atoms with Crippen LogP contribution in [0.5, 0.6) is 0 Å². The highest BCUT2D eigenvalue weighted by Gasteiger charge is 2.28. The van der Waals surface area contributed by atoms with Crippen LogP contribution in [0.4, 0.5) is 0 Å². The molecule has 1 aliphatic carbocycles. The van der Waals surface area contributed by atoms with E-state index >= 15 is 0 Å². The molecule has 3 N–H and O–H groups in total. The molecule has 0 aromatic carbocycles. The van der Waals surface area contributed by atoms with Crippen LogP contribution < -0.4 is 9.44 Å². The summed E-state index contributed by atoms with van der Waals surface area (Å²) in [6.07, 6.45) is 3.14. The summed E-state index contributed by atoms with van der Waals surface area (Å²) >= 11 is 0. The van der Waals surface area contributed by atoms with Gasteiger partial charge in [0.2, 0.25) is 0 Å². The van der Waals surface area contributed by atoms with E-state index in [0.717, 1.165) is 12.8 Å². The number of hydrogen-bond acceptors (Lipinski definition) is 3. The summed E-state index contributed by atoms with van der Waals surface area (Å²) < 4.78 is 28.4. The van der Waals surface area contributed by atoms with Crippen molar-refractivity contribution in [2.75, 3.05) is 6.54 Å². The molecule has 1 rings (SSSR count). The van der Waals surface area contributed by atoms with Crippen LogP contribution in [0.3, 0.4) is 0 Å². The minimum atomic E-state index is -3.41. The van der Waals surface area contributed by atoms with E-state index in [4.69, 9.17) is 5.11 Å². The van der Waals surface area contributed by atoms with Crippen molar-refractivity contribution in [3.8, 4) is 0 Å². The normalized spacial score (nSPS) is 17.9. The maximum Gasteiger partial charge on any atom is 0.303 e. The Labute approximate surface area is 121 Å². The summed E-state index contributed by atoms with van der Waals surface area (Å²) in [4.78, 5) is 10.7. The van der Waals surface area contributed by atoms with Crippen LogP contribution in [0, 0.1) is 11.3 Å². The molecule has 0 radical (unpaired) electrons. The van der Waals surface area contributed by atoms with Crippen molar-refractivity contribution in [1.82, 2.24) is 9.44 Å². The third kappa shape index (κ3) is 7.21. The second-order valence-corrected chi connectivity index (χ2v) is 8.11. The second kappa shape index (κ2) is 6.87. The molecule has 0 saturated heterocycles. The molecule has 1 aliphatic rings. The Morgan fingerprint density at radius 1 is 1.30 bits per heavy atom. The molecule has 6 nitrogen and oxygen atoms in total. The summed E-state index contributed by atoms with van der Waals surface area (Å²) in [6.45, 7) is 6.49. The molecule has 1 atom stereocenters. The maximum absolute atomic E-state index is 11.7. The molecule has 0 aromatic heterocycles. The van der Waals surface area contributed by atoms with E-state index in [2.05, 4.69) is 30.2 Å². The first-order valence-corrected chi connectivity index (χ1v) is 8.57. The predicted molar refractivity (Wildman–Crippen MR) is 77.5 cm³/mol. The third-order valence-corrected chi connectivity index (χ3v) is 4.84. The van der Waals surface area contributed by atoms with Crippen molar-refractivity contribution >= 4 is 16.2 Å². The summed E-state index contributed by atoms with van der Waals surface area (Å²) in [5.41, 5.74) is -0.0369. The van der Waals surface area contributed by atoms with Crippen molar-refractivity contribution in [1.29, 1.82) is 0 Å². The molecule has 7 heteroatoms. The zero-order valence-corrected chi connectivity index (χ0v) is 13.3. The van der Waals surface area contributed by atoms with Gasteiger partial charge in [-0.15, -0.1) is 0 Å². The SMILES string of the molecule is CC(C)(C)C(CCNS(=O)(=O)NC1CC1)CCC(=O)O. The lowest BCUT2D eigenvalue weighted by atomic mass is 9.76. The van der Waals surface area contributed by atoms with Crippen LogP contribution in [0.2, 0.25) is 0 Å². The van der Waals surface area contributed by atoms with E-state index in [1.807, 2.05) is 0 Å². The molecular formula is C13H26N2O4S. The molecule has 0 amide bonds. The standard InChI is InChI=1S/C13H26N2O4S/c1-13(2,3)10(4-7-12(16)17)8-9-14-20(18,19)15-11-5-6-11/h10-11,14-15H,4-9H2,1-3H3,(H,16,17). The highest BCUT2D eigenvalue weighted by Crippen LogP contribution is 2.32. The number of nitrogens with one attached hydrogen (secondary N) is 2. The molecular weight excluding hydrogens is 280 g/mol. The summed E-state index contributed by atoms with van der Waals surface area (Å²) in [6, 6.07) is 0.0953. The van der Waals surface area contributed by atoms with Crippen LogP contribution in [-0.4, -0.2) is 32.1 Å². The van der Waals surface area contributed by atoms with Crippen molar-refractivity contribution in [3.05, 3.63) is 0 Å². The fourth-order valence-corrected chi connectivity index (χ4v) is 3.28. The van der Waals surface area contributed by atoms with Gasteiger partial charge in [0.1, 0.15) is 0 Å².